The van der Waals surface area contributed by atoms with Crippen molar-refractivity contribution in [1.29, 1.82) is 0 Å². The Morgan fingerprint density at radius 3 is 2.72 bits per heavy atom. The lowest BCUT2D eigenvalue weighted by Crippen LogP contribution is -2.06. The Bertz CT molecular complexity index is 344. The first kappa shape index (κ1) is 15.4. The van der Waals surface area contributed by atoms with Gasteiger partial charge in [0.05, 0.1) is 26.4 Å². The molecule has 0 aliphatic carbocycles. The van der Waals surface area contributed by atoms with E-state index in [9.17, 15) is 0 Å². The van der Waals surface area contributed by atoms with E-state index in [1.54, 1.807) is 7.11 Å². The Hall–Kier alpha value is -0.620. The molecule has 0 bridgehead atoms. The summed E-state index contributed by atoms with van der Waals surface area (Å²) in [5, 5.41) is 9.12. The Kier molecular flexibility index (Phi) is 8.00. The molecule has 0 aromatic heterocycles. The highest BCUT2D eigenvalue weighted by Crippen LogP contribution is 2.22. The van der Waals surface area contributed by atoms with Gasteiger partial charge in [-0.3, -0.25) is 0 Å². The van der Waals surface area contributed by atoms with Crippen molar-refractivity contribution in [2.75, 3.05) is 33.5 Å². The van der Waals surface area contributed by atoms with Gasteiger partial charge in [0, 0.05) is 24.6 Å². The average molecular weight is 319 g/mol. The molecule has 1 N–H and O–H groups in total. The molecule has 0 radical (unpaired) electrons. The zero-order valence-electron chi connectivity index (χ0n) is 10.5. The van der Waals surface area contributed by atoms with Crippen LogP contribution in [0.1, 0.15) is 12.0 Å². The number of aliphatic hydroxyl groups is 1. The van der Waals surface area contributed by atoms with Gasteiger partial charge in [-0.1, -0.05) is 15.9 Å². The van der Waals surface area contributed by atoms with Crippen LogP contribution in [0.15, 0.2) is 22.7 Å². The lowest BCUT2D eigenvalue weighted by molar-refractivity contribution is 0.0644. The SMILES string of the molecule is COCCOCCCOc1ccc(Br)c(CO)c1. The highest BCUT2D eigenvalue weighted by Gasteiger charge is 2.01. The maximum atomic E-state index is 9.12. The molecule has 0 saturated heterocycles. The van der Waals surface area contributed by atoms with Crippen molar-refractivity contribution in [1.82, 2.24) is 0 Å². The lowest BCUT2D eigenvalue weighted by atomic mass is 10.2. The van der Waals surface area contributed by atoms with E-state index in [0.29, 0.717) is 26.4 Å². The summed E-state index contributed by atoms with van der Waals surface area (Å²) in [7, 11) is 1.65. The van der Waals surface area contributed by atoms with Gasteiger partial charge < -0.3 is 19.3 Å². The molecule has 0 unspecified atom stereocenters. The summed E-state index contributed by atoms with van der Waals surface area (Å²) in [6.45, 7) is 2.49. The lowest BCUT2D eigenvalue weighted by Gasteiger charge is -2.09. The molecule has 0 spiro atoms. The third-order valence-corrected chi connectivity index (χ3v) is 3.09. The van der Waals surface area contributed by atoms with Crippen molar-refractivity contribution in [2.45, 2.75) is 13.0 Å². The normalized spacial score (nSPS) is 10.6. The number of hydrogen-bond acceptors (Lipinski definition) is 4. The second-order valence-corrected chi connectivity index (χ2v) is 4.57. The molecule has 0 heterocycles. The van der Waals surface area contributed by atoms with Gasteiger partial charge in [-0.15, -0.1) is 0 Å². The van der Waals surface area contributed by atoms with E-state index in [0.717, 1.165) is 22.2 Å². The van der Waals surface area contributed by atoms with Crippen molar-refractivity contribution in [2.24, 2.45) is 0 Å². The van der Waals surface area contributed by atoms with Crippen LogP contribution in [0.3, 0.4) is 0 Å². The quantitative estimate of drug-likeness (QED) is 0.710. The van der Waals surface area contributed by atoms with Crippen LogP contribution in [0.5, 0.6) is 5.75 Å². The minimum Gasteiger partial charge on any atom is -0.493 e. The second kappa shape index (κ2) is 9.33. The van der Waals surface area contributed by atoms with Crippen molar-refractivity contribution in [3.63, 3.8) is 0 Å². The molecule has 0 saturated carbocycles. The average Bonchev–Trinajstić information content (AvgIpc) is 2.39. The summed E-state index contributed by atoms with van der Waals surface area (Å²) in [5.41, 5.74) is 0.823. The molecular formula is C13H19BrO4. The minimum atomic E-state index is -0.00207. The largest absolute Gasteiger partial charge is 0.493 e. The Morgan fingerprint density at radius 2 is 2.00 bits per heavy atom. The van der Waals surface area contributed by atoms with Crippen molar-refractivity contribution in [3.05, 3.63) is 28.2 Å². The number of rotatable bonds is 9. The fourth-order valence-electron chi connectivity index (χ4n) is 1.36. The highest BCUT2D eigenvalue weighted by atomic mass is 79.9. The summed E-state index contributed by atoms with van der Waals surface area (Å²) >= 11 is 3.36. The van der Waals surface area contributed by atoms with Gasteiger partial charge in [-0.2, -0.15) is 0 Å². The molecule has 0 aliphatic heterocycles. The fraction of sp³-hybridized carbons (Fsp3) is 0.538. The summed E-state index contributed by atoms with van der Waals surface area (Å²) in [4.78, 5) is 0. The molecular weight excluding hydrogens is 300 g/mol. The highest BCUT2D eigenvalue weighted by molar-refractivity contribution is 9.10. The second-order valence-electron chi connectivity index (χ2n) is 3.72. The predicted molar refractivity (Wildman–Crippen MR) is 72.9 cm³/mol. The summed E-state index contributed by atoms with van der Waals surface area (Å²) in [6, 6.07) is 5.57. The molecule has 5 heteroatoms. The van der Waals surface area contributed by atoms with Crippen LogP contribution in [-0.4, -0.2) is 38.6 Å². The van der Waals surface area contributed by atoms with E-state index in [2.05, 4.69) is 15.9 Å². The third-order valence-electron chi connectivity index (χ3n) is 2.32. The molecule has 4 nitrogen and oxygen atoms in total. The van der Waals surface area contributed by atoms with Crippen molar-refractivity contribution >= 4 is 15.9 Å². The minimum absolute atomic E-state index is 0.00207. The number of methoxy groups -OCH3 is 1. The maximum Gasteiger partial charge on any atom is 0.119 e. The zero-order valence-corrected chi connectivity index (χ0v) is 12.1. The van der Waals surface area contributed by atoms with Gasteiger partial charge >= 0.3 is 0 Å². The number of hydrogen-bond donors (Lipinski definition) is 1. The van der Waals surface area contributed by atoms with Crippen LogP contribution in [0.4, 0.5) is 0 Å². The van der Waals surface area contributed by atoms with Gasteiger partial charge in [-0.25, -0.2) is 0 Å². The molecule has 102 valence electrons. The van der Waals surface area contributed by atoms with E-state index >= 15 is 0 Å². The fourth-order valence-corrected chi connectivity index (χ4v) is 1.73. The van der Waals surface area contributed by atoms with Crippen LogP contribution < -0.4 is 4.74 Å². The zero-order chi connectivity index (χ0) is 13.2. The van der Waals surface area contributed by atoms with E-state index in [-0.39, 0.29) is 6.61 Å². The third kappa shape index (κ3) is 5.82. The molecule has 18 heavy (non-hydrogen) atoms. The summed E-state index contributed by atoms with van der Waals surface area (Å²) in [6.07, 6.45) is 0.828. The van der Waals surface area contributed by atoms with E-state index in [1.165, 1.54) is 0 Å². The number of halogens is 1. The predicted octanol–water partition coefficient (Wildman–Crippen LogP) is 2.37. The first-order valence-electron chi connectivity index (χ1n) is 5.86. The first-order chi connectivity index (χ1) is 8.77. The van der Waals surface area contributed by atoms with Crippen molar-refractivity contribution in [3.8, 4) is 5.75 Å². The van der Waals surface area contributed by atoms with Gasteiger partial charge in [0.1, 0.15) is 5.75 Å². The topological polar surface area (TPSA) is 47.9 Å². The molecule has 1 aromatic rings. The molecule has 0 amide bonds. The monoisotopic (exact) mass is 318 g/mol. The molecule has 0 aliphatic rings. The summed E-state index contributed by atoms with van der Waals surface area (Å²) < 4.78 is 16.6. The Morgan fingerprint density at radius 1 is 1.17 bits per heavy atom. The summed E-state index contributed by atoms with van der Waals surface area (Å²) in [5.74, 6) is 0.763. The Balaban J connectivity index is 2.19. The van der Waals surface area contributed by atoms with Crippen molar-refractivity contribution < 1.29 is 19.3 Å². The first-order valence-corrected chi connectivity index (χ1v) is 6.66. The van der Waals surface area contributed by atoms with Crippen LogP contribution in [0, 0.1) is 0 Å². The number of benzene rings is 1. The van der Waals surface area contributed by atoms with Gasteiger partial charge in [0.15, 0.2) is 0 Å². The van der Waals surface area contributed by atoms with Crippen LogP contribution in [0.2, 0.25) is 0 Å². The van der Waals surface area contributed by atoms with Gasteiger partial charge in [0.2, 0.25) is 0 Å². The van der Waals surface area contributed by atoms with Crippen LogP contribution >= 0.6 is 15.9 Å². The van der Waals surface area contributed by atoms with Crippen LogP contribution in [-0.2, 0) is 16.1 Å². The molecule has 0 fully saturated rings. The number of ether oxygens (including phenoxy) is 3. The van der Waals surface area contributed by atoms with Gasteiger partial charge in [-0.05, 0) is 23.8 Å². The van der Waals surface area contributed by atoms with E-state index in [4.69, 9.17) is 19.3 Å². The van der Waals surface area contributed by atoms with E-state index in [1.807, 2.05) is 18.2 Å². The number of aliphatic hydroxyl groups excluding tert-OH is 1. The molecule has 1 aromatic carbocycles. The maximum absolute atomic E-state index is 9.12. The van der Waals surface area contributed by atoms with E-state index < -0.39 is 0 Å². The Labute approximate surface area is 116 Å². The van der Waals surface area contributed by atoms with Gasteiger partial charge in [0.25, 0.3) is 0 Å². The van der Waals surface area contributed by atoms with Crippen LogP contribution in [0.25, 0.3) is 0 Å². The smallest absolute Gasteiger partial charge is 0.119 e. The standard InChI is InChI=1S/C13H19BrO4/c1-16-7-8-17-5-2-6-18-12-3-4-13(14)11(9-12)10-15/h3-4,9,15H,2,5-8,10H2,1H3. The molecule has 0 atom stereocenters. The molecule has 1 rings (SSSR count).